The van der Waals surface area contributed by atoms with Crippen molar-refractivity contribution in [1.29, 1.82) is 0 Å². The number of thioether (sulfide) groups is 2. The molecule has 62 valence electrons. The summed E-state index contributed by atoms with van der Waals surface area (Å²) in [6, 6.07) is 0. The average molecular weight is 190 g/mol. The predicted molar refractivity (Wildman–Crippen MR) is 41.5 cm³/mol. The highest BCUT2D eigenvalue weighted by Gasteiger charge is 2.25. The van der Waals surface area contributed by atoms with Crippen molar-refractivity contribution in [3.05, 3.63) is 0 Å². The van der Waals surface area contributed by atoms with E-state index in [4.69, 9.17) is 0 Å². The zero-order valence-corrected chi connectivity index (χ0v) is 7.20. The summed E-state index contributed by atoms with van der Waals surface area (Å²) in [5.41, 5.74) is 0. The van der Waals surface area contributed by atoms with Crippen LogP contribution in [0.3, 0.4) is 0 Å². The van der Waals surface area contributed by atoms with E-state index >= 15 is 0 Å². The monoisotopic (exact) mass is 190 g/mol. The minimum atomic E-state index is -3.98. The number of hydrogen-bond acceptors (Lipinski definition) is 2. The summed E-state index contributed by atoms with van der Waals surface area (Å²) in [7, 11) is 0. The van der Waals surface area contributed by atoms with Crippen molar-refractivity contribution in [3.63, 3.8) is 0 Å². The molecule has 0 aliphatic carbocycles. The van der Waals surface area contributed by atoms with Crippen LogP contribution in [-0.2, 0) is 0 Å². The third-order valence-electron chi connectivity index (χ3n) is 0.731. The molecule has 0 bridgehead atoms. The van der Waals surface area contributed by atoms with Gasteiger partial charge in [-0.05, 0) is 6.26 Å². The lowest BCUT2D eigenvalue weighted by molar-refractivity contribution is -0.129. The van der Waals surface area contributed by atoms with Gasteiger partial charge in [0.2, 0.25) is 0 Å². The van der Waals surface area contributed by atoms with Crippen LogP contribution in [0.15, 0.2) is 0 Å². The Morgan fingerprint density at radius 3 is 2.30 bits per heavy atom. The molecular formula is C5H9F3S2. The van der Waals surface area contributed by atoms with Crippen LogP contribution in [0.5, 0.6) is 0 Å². The molecule has 0 aliphatic rings. The van der Waals surface area contributed by atoms with E-state index in [0.29, 0.717) is 0 Å². The van der Waals surface area contributed by atoms with Gasteiger partial charge in [-0.15, -0.1) is 0 Å². The third-order valence-corrected chi connectivity index (χ3v) is 2.83. The molecule has 0 saturated heterocycles. The van der Waals surface area contributed by atoms with Crippen molar-refractivity contribution in [2.24, 2.45) is 0 Å². The number of alkyl halides is 3. The molecule has 0 aromatic heterocycles. The SMILES string of the molecule is CSCSCCC(F)(F)F. The van der Waals surface area contributed by atoms with Gasteiger partial charge in [0, 0.05) is 10.8 Å². The molecule has 0 radical (unpaired) electrons. The van der Waals surface area contributed by atoms with Gasteiger partial charge in [0.15, 0.2) is 0 Å². The van der Waals surface area contributed by atoms with E-state index < -0.39 is 12.6 Å². The second kappa shape index (κ2) is 5.18. The van der Waals surface area contributed by atoms with Crippen molar-refractivity contribution in [3.8, 4) is 0 Å². The largest absolute Gasteiger partial charge is 0.389 e. The highest BCUT2D eigenvalue weighted by atomic mass is 32.2. The minimum Gasteiger partial charge on any atom is -0.171 e. The molecule has 0 atom stereocenters. The van der Waals surface area contributed by atoms with Crippen LogP contribution in [0.2, 0.25) is 0 Å². The van der Waals surface area contributed by atoms with Crippen LogP contribution < -0.4 is 0 Å². The summed E-state index contributed by atoms with van der Waals surface area (Å²) in [4.78, 5) is 0. The van der Waals surface area contributed by atoms with Gasteiger partial charge in [0.1, 0.15) is 0 Å². The first-order valence-corrected chi connectivity index (χ1v) is 5.24. The molecule has 0 amide bonds. The maximum absolute atomic E-state index is 11.5. The topological polar surface area (TPSA) is 0 Å². The number of halogens is 3. The second-order valence-electron chi connectivity index (χ2n) is 1.68. The Labute approximate surface area is 66.9 Å². The van der Waals surface area contributed by atoms with Crippen molar-refractivity contribution in [2.45, 2.75) is 12.6 Å². The Kier molecular flexibility index (Phi) is 5.44. The number of rotatable bonds is 4. The van der Waals surface area contributed by atoms with E-state index in [1.165, 1.54) is 11.8 Å². The summed E-state index contributed by atoms with van der Waals surface area (Å²) in [5, 5.41) is 0.746. The lowest BCUT2D eigenvalue weighted by atomic mass is 10.5. The molecule has 0 saturated carbocycles. The van der Waals surface area contributed by atoms with Gasteiger partial charge < -0.3 is 0 Å². The maximum atomic E-state index is 11.5. The van der Waals surface area contributed by atoms with Crippen molar-refractivity contribution in [2.75, 3.05) is 17.1 Å². The van der Waals surface area contributed by atoms with Gasteiger partial charge >= 0.3 is 6.18 Å². The molecule has 5 heteroatoms. The molecule has 0 rings (SSSR count). The van der Waals surface area contributed by atoms with Crippen LogP contribution >= 0.6 is 23.5 Å². The van der Waals surface area contributed by atoms with Crippen LogP contribution in [0.1, 0.15) is 6.42 Å². The third kappa shape index (κ3) is 8.49. The Balaban J connectivity index is 3.04. The first kappa shape index (κ1) is 10.5. The fourth-order valence-electron chi connectivity index (χ4n) is 0.330. The Morgan fingerprint density at radius 1 is 1.30 bits per heavy atom. The van der Waals surface area contributed by atoms with E-state index in [2.05, 4.69) is 0 Å². The molecule has 0 spiro atoms. The van der Waals surface area contributed by atoms with E-state index in [1.54, 1.807) is 11.8 Å². The van der Waals surface area contributed by atoms with E-state index in [1.807, 2.05) is 6.26 Å². The van der Waals surface area contributed by atoms with Crippen molar-refractivity contribution < 1.29 is 13.2 Å². The Hall–Kier alpha value is 0.490. The van der Waals surface area contributed by atoms with E-state index in [9.17, 15) is 13.2 Å². The van der Waals surface area contributed by atoms with Crippen LogP contribution in [-0.4, -0.2) is 23.3 Å². The highest BCUT2D eigenvalue weighted by Crippen LogP contribution is 2.22. The molecule has 0 fully saturated rings. The van der Waals surface area contributed by atoms with Gasteiger partial charge in [0.25, 0.3) is 0 Å². The zero-order valence-electron chi connectivity index (χ0n) is 5.57. The first-order chi connectivity index (χ1) is 4.56. The lowest BCUT2D eigenvalue weighted by Gasteiger charge is -2.03. The number of hydrogen-bond donors (Lipinski definition) is 0. The Morgan fingerprint density at radius 2 is 1.90 bits per heavy atom. The fraction of sp³-hybridized carbons (Fsp3) is 1.00. The molecular weight excluding hydrogens is 181 g/mol. The lowest BCUT2D eigenvalue weighted by Crippen LogP contribution is -2.07. The summed E-state index contributed by atoms with van der Waals surface area (Å²) < 4.78 is 34.4. The second-order valence-corrected chi connectivity index (χ2v) is 4.02. The van der Waals surface area contributed by atoms with Gasteiger partial charge in [-0.2, -0.15) is 36.7 Å². The summed E-state index contributed by atoms with van der Waals surface area (Å²) in [6.07, 6.45) is -2.77. The molecule has 0 aromatic rings. The Bertz CT molecular complexity index is 81.5. The van der Waals surface area contributed by atoms with Crippen molar-refractivity contribution in [1.82, 2.24) is 0 Å². The average Bonchev–Trinajstić information content (AvgIpc) is 1.78. The standard InChI is InChI=1S/C5H9F3S2/c1-9-4-10-3-2-5(6,7)8/h2-4H2,1H3. The first-order valence-electron chi connectivity index (χ1n) is 2.69. The smallest absolute Gasteiger partial charge is 0.171 e. The van der Waals surface area contributed by atoms with Gasteiger partial charge in [-0.1, -0.05) is 0 Å². The zero-order chi connectivity index (χ0) is 8.04. The predicted octanol–water partition coefficient (Wildman–Crippen LogP) is 2.99. The van der Waals surface area contributed by atoms with Crippen molar-refractivity contribution >= 4 is 23.5 Å². The quantitative estimate of drug-likeness (QED) is 0.493. The maximum Gasteiger partial charge on any atom is 0.389 e. The minimum absolute atomic E-state index is 0.185. The molecule has 0 aliphatic heterocycles. The van der Waals surface area contributed by atoms with Crippen LogP contribution in [0, 0.1) is 0 Å². The molecule has 0 aromatic carbocycles. The van der Waals surface area contributed by atoms with E-state index in [-0.39, 0.29) is 5.75 Å². The summed E-state index contributed by atoms with van der Waals surface area (Å²) in [5.74, 6) is 0.185. The molecule has 0 heterocycles. The summed E-state index contributed by atoms with van der Waals surface area (Å²) in [6.45, 7) is 0. The molecule has 10 heavy (non-hydrogen) atoms. The highest BCUT2D eigenvalue weighted by molar-refractivity contribution is 8.15. The molecule has 0 unspecified atom stereocenters. The van der Waals surface area contributed by atoms with E-state index in [0.717, 1.165) is 5.08 Å². The van der Waals surface area contributed by atoms with Gasteiger partial charge in [0.05, 0.1) is 6.42 Å². The van der Waals surface area contributed by atoms with Crippen LogP contribution in [0.4, 0.5) is 13.2 Å². The molecule has 0 nitrogen and oxygen atoms in total. The summed E-state index contributed by atoms with van der Waals surface area (Å²) >= 11 is 2.87. The molecule has 0 N–H and O–H groups in total. The fourth-order valence-corrected chi connectivity index (χ4v) is 1.84. The normalized spacial score (nSPS) is 12.0. The van der Waals surface area contributed by atoms with Gasteiger partial charge in [-0.3, -0.25) is 0 Å². The van der Waals surface area contributed by atoms with Crippen LogP contribution in [0.25, 0.3) is 0 Å². The van der Waals surface area contributed by atoms with Gasteiger partial charge in [-0.25, -0.2) is 0 Å².